The molecule has 1 atom stereocenters. The van der Waals surface area contributed by atoms with Crippen molar-refractivity contribution in [2.24, 2.45) is 0 Å². The van der Waals surface area contributed by atoms with Crippen molar-refractivity contribution in [1.29, 1.82) is 0 Å². The van der Waals surface area contributed by atoms with E-state index in [0.29, 0.717) is 17.6 Å². The Morgan fingerprint density at radius 1 is 0.950 bits per heavy atom. The summed E-state index contributed by atoms with van der Waals surface area (Å²) in [7, 11) is 0. The molecule has 2 heterocycles. The van der Waals surface area contributed by atoms with Crippen LogP contribution < -0.4 is 0 Å². The summed E-state index contributed by atoms with van der Waals surface area (Å²) in [6, 6.07) is 2.23. The summed E-state index contributed by atoms with van der Waals surface area (Å²) in [6.45, 7) is 20.4. The molecule has 0 aromatic carbocycles. The first-order chi connectivity index (χ1) is 9.29. The first-order valence-electron chi connectivity index (χ1n) is 8.54. The lowest BCUT2D eigenvalue weighted by Crippen LogP contribution is -2.59. The highest BCUT2D eigenvalue weighted by atomic mass is 15.3. The van der Waals surface area contributed by atoms with Gasteiger partial charge in [0, 0.05) is 56.4 Å². The monoisotopic (exact) mass is 281 g/mol. The van der Waals surface area contributed by atoms with Crippen molar-refractivity contribution in [2.45, 2.75) is 78.0 Å². The standard InChI is InChI=1S/C17H35N3/c1-14(2)20-12-11-18(13-15(20)3)16-7-9-19(10-8-16)17(4,5)6/h14-16H,7-13H2,1-6H3. The molecular formula is C17H35N3. The molecule has 2 aliphatic heterocycles. The van der Waals surface area contributed by atoms with Crippen LogP contribution in [0.4, 0.5) is 0 Å². The van der Waals surface area contributed by atoms with Crippen molar-refractivity contribution in [3.63, 3.8) is 0 Å². The van der Waals surface area contributed by atoms with Crippen LogP contribution in [0.3, 0.4) is 0 Å². The number of nitrogens with zero attached hydrogens (tertiary/aromatic N) is 3. The highest BCUT2D eigenvalue weighted by Gasteiger charge is 2.33. The Hall–Kier alpha value is -0.120. The highest BCUT2D eigenvalue weighted by Crippen LogP contribution is 2.25. The maximum absolute atomic E-state index is 2.77. The molecule has 2 rings (SSSR count). The Bertz CT molecular complexity index is 300. The molecule has 0 aromatic heterocycles. The molecule has 0 spiro atoms. The topological polar surface area (TPSA) is 9.72 Å². The van der Waals surface area contributed by atoms with Crippen molar-refractivity contribution in [2.75, 3.05) is 32.7 Å². The van der Waals surface area contributed by atoms with Crippen molar-refractivity contribution >= 4 is 0 Å². The van der Waals surface area contributed by atoms with Crippen LogP contribution in [0.1, 0.15) is 54.4 Å². The zero-order chi connectivity index (χ0) is 14.9. The summed E-state index contributed by atoms with van der Waals surface area (Å²) >= 11 is 0. The summed E-state index contributed by atoms with van der Waals surface area (Å²) < 4.78 is 0. The summed E-state index contributed by atoms with van der Waals surface area (Å²) in [6.07, 6.45) is 2.71. The average Bonchev–Trinajstić information content (AvgIpc) is 2.37. The van der Waals surface area contributed by atoms with E-state index in [9.17, 15) is 0 Å². The third-order valence-corrected chi connectivity index (χ3v) is 5.30. The predicted molar refractivity (Wildman–Crippen MR) is 87.2 cm³/mol. The second-order valence-electron chi connectivity index (χ2n) is 8.06. The molecule has 2 aliphatic rings. The smallest absolute Gasteiger partial charge is 0.0198 e. The van der Waals surface area contributed by atoms with Crippen LogP contribution >= 0.6 is 0 Å². The lowest BCUT2D eigenvalue weighted by atomic mass is 9.96. The molecule has 0 amide bonds. The van der Waals surface area contributed by atoms with Gasteiger partial charge in [-0.2, -0.15) is 0 Å². The number of rotatable bonds is 2. The second-order valence-corrected chi connectivity index (χ2v) is 8.06. The number of piperazine rings is 1. The maximum atomic E-state index is 2.77. The minimum atomic E-state index is 0.342. The zero-order valence-corrected chi connectivity index (χ0v) is 14.5. The molecule has 3 heteroatoms. The average molecular weight is 281 g/mol. The van der Waals surface area contributed by atoms with E-state index in [0.717, 1.165) is 6.04 Å². The van der Waals surface area contributed by atoms with E-state index in [-0.39, 0.29) is 0 Å². The van der Waals surface area contributed by atoms with Crippen LogP contribution in [0.2, 0.25) is 0 Å². The van der Waals surface area contributed by atoms with Crippen LogP contribution in [-0.4, -0.2) is 71.1 Å². The Kier molecular flexibility index (Phi) is 5.14. The fraction of sp³-hybridized carbons (Fsp3) is 1.00. The Labute approximate surface area is 126 Å². The van der Waals surface area contributed by atoms with Crippen molar-refractivity contribution in [3.05, 3.63) is 0 Å². The van der Waals surface area contributed by atoms with Gasteiger partial charge in [-0.25, -0.2) is 0 Å². The first kappa shape index (κ1) is 16.3. The Morgan fingerprint density at radius 3 is 2.00 bits per heavy atom. The predicted octanol–water partition coefficient (Wildman–Crippen LogP) is 2.66. The van der Waals surface area contributed by atoms with Gasteiger partial charge in [0.1, 0.15) is 0 Å². The molecule has 0 N–H and O–H groups in total. The van der Waals surface area contributed by atoms with E-state index in [4.69, 9.17) is 0 Å². The van der Waals surface area contributed by atoms with Gasteiger partial charge in [0.25, 0.3) is 0 Å². The molecule has 0 aliphatic carbocycles. The van der Waals surface area contributed by atoms with Gasteiger partial charge in [0.05, 0.1) is 0 Å². The van der Waals surface area contributed by atoms with Crippen LogP contribution in [0.5, 0.6) is 0 Å². The van der Waals surface area contributed by atoms with Crippen LogP contribution in [0.25, 0.3) is 0 Å². The van der Waals surface area contributed by atoms with E-state index in [1.165, 1.54) is 45.6 Å². The third-order valence-electron chi connectivity index (χ3n) is 5.30. The first-order valence-corrected chi connectivity index (χ1v) is 8.54. The van der Waals surface area contributed by atoms with E-state index in [1.54, 1.807) is 0 Å². The van der Waals surface area contributed by atoms with E-state index in [1.807, 2.05) is 0 Å². The Balaban J connectivity index is 1.83. The van der Waals surface area contributed by atoms with Gasteiger partial charge in [-0.1, -0.05) is 0 Å². The van der Waals surface area contributed by atoms with Crippen LogP contribution in [0.15, 0.2) is 0 Å². The Morgan fingerprint density at radius 2 is 1.55 bits per heavy atom. The van der Waals surface area contributed by atoms with E-state index >= 15 is 0 Å². The molecule has 0 bridgehead atoms. The lowest BCUT2D eigenvalue weighted by molar-refractivity contribution is 0.00424. The summed E-state index contributed by atoms with van der Waals surface area (Å²) in [5, 5.41) is 0. The molecule has 3 nitrogen and oxygen atoms in total. The van der Waals surface area contributed by atoms with Gasteiger partial charge in [0.15, 0.2) is 0 Å². The molecule has 20 heavy (non-hydrogen) atoms. The van der Waals surface area contributed by atoms with Gasteiger partial charge >= 0.3 is 0 Å². The van der Waals surface area contributed by atoms with Crippen molar-refractivity contribution < 1.29 is 0 Å². The summed E-state index contributed by atoms with van der Waals surface area (Å²) in [5.74, 6) is 0. The molecule has 118 valence electrons. The number of hydrogen-bond acceptors (Lipinski definition) is 3. The normalized spacial score (nSPS) is 29.2. The van der Waals surface area contributed by atoms with Gasteiger partial charge in [-0.05, 0) is 54.4 Å². The van der Waals surface area contributed by atoms with Crippen molar-refractivity contribution in [1.82, 2.24) is 14.7 Å². The molecule has 2 saturated heterocycles. The fourth-order valence-corrected chi connectivity index (χ4v) is 4.00. The minimum absolute atomic E-state index is 0.342. The minimum Gasteiger partial charge on any atom is -0.298 e. The summed E-state index contributed by atoms with van der Waals surface area (Å²) in [5.41, 5.74) is 0.342. The molecule has 1 unspecified atom stereocenters. The van der Waals surface area contributed by atoms with E-state index < -0.39 is 0 Å². The number of hydrogen-bond donors (Lipinski definition) is 0. The maximum Gasteiger partial charge on any atom is 0.0198 e. The number of piperidine rings is 1. The van der Waals surface area contributed by atoms with Gasteiger partial charge in [0.2, 0.25) is 0 Å². The van der Waals surface area contributed by atoms with Crippen LogP contribution in [-0.2, 0) is 0 Å². The summed E-state index contributed by atoms with van der Waals surface area (Å²) in [4.78, 5) is 8.07. The molecule has 0 saturated carbocycles. The van der Waals surface area contributed by atoms with Gasteiger partial charge in [-0.15, -0.1) is 0 Å². The van der Waals surface area contributed by atoms with E-state index in [2.05, 4.69) is 56.2 Å². The third kappa shape index (κ3) is 3.75. The molecule has 0 radical (unpaired) electrons. The van der Waals surface area contributed by atoms with Crippen molar-refractivity contribution in [3.8, 4) is 0 Å². The molecule has 2 fully saturated rings. The number of likely N-dealkylation sites (tertiary alicyclic amines) is 1. The van der Waals surface area contributed by atoms with Gasteiger partial charge < -0.3 is 0 Å². The molecule has 0 aromatic rings. The second kappa shape index (κ2) is 6.33. The molecular weight excluding hydrogens is 246 g/mol. The van der Waals surface area contributed by atoms with Gasteiger partial charge in [-0.3, -0.25) is 14.7 Å². The zero-order valence-electron chi connectivity index (χ0n) is 14.5. The van der Waals surface area contributed by atoms with Crippen LogP contribution in [0, 0.1) is 0 Å². The largest absolute Gasteiger partial charge is 0.298 e. The SMILES string of the molecule is CC(C)N1CCN(C2CCN(C(C)(C)C)CC2)CC1C. The quantitative estimate of drug-likeness (QED) is 0.770. The lowest BCUT2D eigenvalue weighted by Gasteiger charge is -2.48. The highest BCUT2D eigenvalue weighted by molar-refractivity contribution is 4.89. The fourth-order valence-electron chi connectivity index (χ4n) is 4.00.